The summed E-state index contributed by atoms with van der Waals surface area (Å²) in [5.74, 6) is 0.891. The minimum atomic E-state index is -0.0331. The highest BCUT2D eigenvalue weighted by Crippen LogP contribution is 2.23. The lowest BCUT2D eigenvalue weighted by molar-refractivity contribution is -0.125. The largest absolute Gasteiger partial charge is 0.354 e. The van der Waals surface area contributed by atoms with Crippen LogP contribution in [0, 0.1) is 9.49 Å². The first-order valence-corrected chi connectivity index (χ1v) is 10.8. The third-order valence-electron chi connectivity index (χ3n) is 5.12. The Morgan fingerprint density at radius 3 is 2.59 bits per heavy atom. The molecule has 6 nitrogen and oxygen atoms in total. The maximum atomic E-state index is 12.7. The number of anilines is 1. The van der Waals surface area contributed by atoms with Crippen LogP contribution in [0.5, 0.6) is 0 Å². The second-order valence-corrected chi connectivity index (χ2v) is 8.39. The number of hydrogen-bond acceptors (Lipinski definition) is 5. The lowest BCUT2D eigenvalue weighted by atomic mass is 9.97. The van der Waals surface area contributed by atoms with Crippen molar-refractivity contribution in [3.05, 3.63) is 70.1 Å². The average molecular weight is 499 g/mol. The van der Waals surface area contributed by atoms with E-state index in [1.165, 1.54) is 3.57 Å². The third kappa shape index (κ3) is 5.09. The van der Waals surface area contributed by atoms with Crippen molar-refractivity contribution < 1.29 is 4.79 Å². The molecule has 1 aliphatic rings. The molecule has 148 valence electrons. The molecule has 1 saturated heterocycles. The number of pyridine rings is 1. The number of rotatable bonds is 5. The van der Waals surface area contributed by atoms with Gasteiger partial charge >= 0.3 is 0 Å². The number of halogens is 1. The highest BCUT2D eigenvalue weighted by Gasteiger charge is 2.26. The van der Waals surface area contributed by atoms with E-state index in [9.17, 15) is 4.79 Å². The molecule has 29 heavy (non-hydrogen) atoms. The van der Waals surface area contributed by atoms with E-state index in [1.54, 1.807) is 12.4 Å². The van der Waals surface area contributed by atoms with Crippen molar-refractivity contribution in [2.45, 2.75) is 19.4 Å². The minimum Gasteiger partial charge on any atom is -0.354 e. The van der Waals surface area contributed by atoms with Crippen LogP contribution < -0.4 is 10.2 Å². The van der Waals surface area contributed by atoms with Crippen LogP contribution in [-0.4, -0.2) is 34.2 Å². The van der Waals surface area contributed by atoms with Gasteiger partial charge in [-0.15, -0.1) is 10.2 Å². The van der Waals surface area contributed by atoms with E-state index in [1.807, 2.05) is 24.3 Å². The molecule has 1 unspecified atom stereocenters. The second kappa shape index (κ2) is 9.30. The highest BCUT2D eigenvalue weighted by molar-refractivity contribution is 14.1. The molecule has 0 bridgehead atoms. The van der Waals surface area contributed by atoms with Crippen LogP contribution in [0.1, 0.15) is 18.4 Å². The summed E-state index contributed by atoms with van der Waals surface area (Å²) in [5.41, 5.74) is 2.93. The van der Waals surface area contributed by atoms with Gasteiger partial charge in [0.15, 0.2) is 5.82 Å². The van der Waals surface area contributed by atoms with E-state index in [2.05, 4.69) is 72.3 Å². The molecule has 1 N–H and O–H groups in total. The van der Waals surface area contributed by atoms with Crippen molar-refractivity contribution in [1.82, 2.24) is 20.5 Å². The molecular weight excluding hydrogens is 477 g/mol. The van der Waals surface area contributed by atoms with Gasteiger partial charge in [0, 0.05) is 41.2 Å². The number of nitrogens with zero attached hydrogens (tertiary/aromatic N) is 4. The van der Waals surface area contributed by atoms with Crippen molar-refractivity contribution in [1.29, 1.82) is 0 Å². The monoisotopic (exact) mass is 499 g/mol. The lowest BCUT2D eigenvalue weighted by Gasteiger charge is -2.32. The Hall–Kier alpha value is -2.55. The number of hydrogen-bond donors (Lipinski definition) is 1. The number of carbonyl (C=O) groups excluding carboxylic acids is 1. The fourth-order valence-electron chi connectivity index (χ4n) is 3.51. The normalized spacial score (nSPS) is 16.4. The van der Waals surface area contributed by atoms with Gasteiger partial charge in [-0.2, -0.15) is 0 Å². The molecule has 0 spiro atoms. The molecule has 7 heteroatoms. The topological polar surface area (TPSA) is 71.0 Å². The maximum absolute atomic E-state index is 12.7. The summed E-state index contributed by atoms with van der Waals surface area (Å²) in [5, 5.41) is 11.8. The van der Waals surface area contributed by atoms with E-state index >= 15 is 0 Å². The molecule has 0 aliphatic carbocycles. The van der Waals surface area contributed by atoms with Crippen molar-refractivity contribution in [3.8, 4) is 11.3 Å². The number of benzene rings is 1. The van der Waals surface area contributed by atoms with Gasteiger partial charge in [-0.3, -0.25) is 9.78 Å². The Labute approximate surface area is 183 Å². The van der Waals surface area contributed by atoms with Crippen LogP contribution in [0.15, 0.2) is 60.9 Å². The van der Waals surface area contributed by atoms with Crippen LogP contribution in [0.25, 0.3) is 11.3 Å². The lowest BCUT2D eigenvalue weighted by Crippen LogP contribution is -2.43. The predicted molar refractivity (Wildman–Crippen MR) is 121 cm³/mol. The van der Waals surface area contributed by atoms with Crippen LogP contribution in [-0.2, 0) is 11.3 Å². The quantitative estimate of drug-likeness (QED) is 0.543. The zero-order valence-electron chi connectivity index (χ0n) is 16.0. The molecule has 0 radical (unpaired) electrons. The standard InChI is InChI=1S/C22H22IN5O/c23-19-5-3-16(4-6-19)14-25-22(29)18-2-1-13-28(15-18)21-8-7-20(26-27-21)17-9-11-24-12-10-17/h3-12,18H,1-2,13-15H2,(H,25,29). The summed E-state index contributed by atoms with van der Waals surface area (Å²) >= 11 is 2.28. The average Bonchev–Trinajstić information content (AvgIpc) is 2.79. The Morgan fingerprint density at radius 2 is 1.86 bits per heavy atom. The van der Waals surface area contributed by atoms with Crippen molar-refractivity contribution in [2.75, 3.05) is 18.0 Å². The van der Waals surface area contributed by atoms with Gasteiger partial charge < -0.3 is 10.2 Å². The number of carbonyl (C=O) groups is 1. The Balaban J connectivity index is 1.36. The summed E-state index contributed by atoms with van der Waals surface area (Å²) in [7, 11) is 0. The summed E-state index contributed by atoms with van der Waals surface area (Å²) in [4.78, 5) is 18.9. The van der Waals surface area contributed by atoms with Crippen molar-refractivity contribution in [3.63, 3.8) is 0 Å². The van der Waals surface area contributed by atoms with Crippen molar-refractivity contribution >= 4 is 34.3 Å². The van der Waals surface area contributed by atoms with E-state index in [0.717, 1.165) is 42.0 Å². The summed E-state index contributed by atoms with van der Waals surface area (Å²) in [6.45, 7) is 2.12. The van der Waals surface area contributed by atoms with Gasteiger partial charge in [0.2, 0.25) is 5.91 Å². The van der Waals surface area contributed by atoms with Crippen LogP contribution in [0.4, 0.5) is 5.82 Å². The summed E-state index contributed by atoms with van der Waals surface area (Å²) in [6, 6.07) is 16.0. The fraction of sp³-hybridized carbons (Fsp3) is 0.273. The zero-order chi connectivity index (χ0) is 20.1. The Bertz CT molecular complexity index is 947. The molecule has 3 aromatic rings. The number of nitrogens with one attached hydrogen (secondary N) is 1. The second-order valence-electron chi connectivity index (χ2n) is 7.14. The smallest absolute Gasteiger partial charge is 0.225 e. The summed E-state index contributed by atoms with van der Waals surface area (Å²) < 4.78 is 1.19. The fourth-order valence-corrected chi connectivity index (χ4v) is 3.87. The van der Waals surface area contributed by atoms with E-state index in [4.69, 9.17) is 0 Å². The van der Waals surface area contributed by atoms with Gasteiger partial charge in [0.05, 0.1) is 11.6 Å². The number of aromatic nitrogens is 3. The van der Waals surface area contributed by atoms with E-state index in [0.29, 0.717) is 13.1 Å². The van der Waals surface area contributed by atoms with E-state index in [-0.39, 0.29) is 11.8 Å². The van der Waals surface area contributed by atoms with Gasteiger partial charge in [0.25, 0.3) is 0 Å². The molecule has 0 saturated carbocycles. The van der Waals surface area contributed by atoms with Crippen LogP contribution in [0.2, 0.25) is 0 Å². The molecule has 2 aromatic heterocycles. The highest BCUT2D eigenvalue weighted by atomic mass is 127. The molecule has 1 aliphatic heterocycles. The SMILES string of the molecule is O=C(NCc1ccc(I)cc1)C1CCCN(c2ccc(-c3ccncc3)nn2)C1. The van der Waals surface area contributed by atoms with Crippen molar-refractivity contribution in [2.24, 2.45) is 5.92 Å². The van der Waals surface area contributed by atoms with Gasteiger partial charge in [-0.1, -0.05) is 12.1 Å². The third-order valence-corrected chi connectivity index (χ3v) is 5.84. The summed E-state index contributed by atoms with van der Waals surface area (Å²) in [6.07, 6.45) is 5.36. The Morgan fingerprint density at radius 1 is 1.07 bits per heavy atom. The zero-order valence-corrected chi connectivity index (χ0v) is 18.1. The molecule has 1 aromatic carbocycles. The minimum absolute atomic E-state index is 0.0331. The van der Waals surface area contributed by atoms with Gasteiger partial charge in [0.1, 0.15) is 0 Å². The van der Waals surface area contributed by atoms with Gasteiger partial charge in [-0.05, 0) is 77.4 Å². The first-order chi connectivity index (χ1) is 14.2. The molecular formula is C22H22IN5O. The maximum Gasteiger partial charge on any atom is 0.225 e. The van der Waals surface area contributed by atoms with E-state index < -0.39 is 0 Å². The molecule has 1 amide bonds. The molecule has 4 rings (SSSR count). The van der Waals surface area contributed by atoms with Crippen LogP contribution in [0.3, 0.4) is 0 Å². The predicted octanol–water partition coefficient (Wildman–Crippen LogP) is 3.68. The molecule has 1 atom stereocenters. The van der Waals surface area contributed by atoms with Gasteiger partial charge in [-0.25, -0.2) is 0 Å². The Kier molecular flexibility index (Phi) is 6.33. The number of amides is 1. The molecule has 3 heterocycles. The van der Waals surface area contributed by atoms with Crippen LogP contribution >= 0.6 is 22.6 Å². The molecule has 1 fully saturated rings. The first kappa shape index (κ1) is 19.8. The first-order valence-electron chi connectivity index (χ1n) is 9.70. The number of piperidine rings is 1.